The van der Waals surface area contributed by atoms with Gasteiger partial charge in [0.2, 0.25) is 0 Å². The Morgan fingerprint density at radius 1 is 1.23 bits per heavy atom. The molecule has 1 aromatic carbocycles. The van der Waals surface area contributed by atoms with Gasteiger partial charge in [0, 0.05) is 42.6 Å². The van der Waals surface area contributed by atoms with Crippen molar-refractivity contribution in [2.45, 2.75) is 6.54 Å². The third-order valence-electron chi connectivity index (χ3n) is 5.59. The molecule has 2 saturated heterocycles. The van der Waals surface area contributed by atoms with Crippen molar-refractivity contribution in [2.75, 3.05) is 26.3 Å². The lowest BCUT2D eigenvalue weighted by atomic mass is 10.0. The second kappa shape index (κ2) is 8.62. The number of thiazole rings is 1. The van der Waals surface area contributed by atoms with E-state index in [-0.39, 0.29) is 6.47 Å². The van der Waals surface area contributed by atoms with Crippen LogP contribution in [-0.2, 0) is 16.1 Å². The Bertz CT molecular complexity index is 1160. The summed E-state index contributed by atoms with van der Waals surface area (Å²) in [4.78, 5) is 19.5. The number of aromatic nitrogens is 2. The number of carbonyl (C=O) groups is 1. The Labute approximate surface area is 182 Å². The summed E-state index contributed by atoms with van der Waals surface area (Å²) in [6, 6.07) is 12.0. The van der Waals surface area contributed by atoms with Crippen molar-refractivity contribution >= 4 is 39.1 Å². The molecule has 4 aromatic rings. The first-order valence-electron chi connectivity index (χ1n) is 10.0. The van der Waals surface area contributed by atoms with Gasteiger partial charge in [-0.05, 0) is 30.3 Å². The number of hydrogen-bond acceptors (Lipinski definition) is 8. The number of benzene rings is 1. The van der Waals surface area contributed by atoms with E-state index in [9.17, 15) is 0 Å². The fourth-order valence-corrected chi connectivity index (χ4v) is 5.03. The van der Waals surface area contributed by atoms with Crippen LogP contribution >= 0.6 is 11.3 Å². The Hall–Kier alpha value is -3.01. The SMILES string of the molecule is O=CO.c1cnc2nc(Oc3ccc4cc(CN5CC6COCC6C5)oc4c3)sc2c1. The number of ether oxygens (including phenoxy) is 2. The predicted octanol–water partition coefficient (Wildman–Crippen LogP) is 4.01. The lowest BCUT2D eigenvalue weighted by molar-refractivity contribution is -0.122. The van der Waals surface area contributed by atoms with E-state index >= 15 is 0 Å². The predicted molar refractivity (Wildman–Crippen MR) is 115 cm³/mol. The van der Waals surface area contributed by atoms with Gasteiger partial charge in [0.15, 0.2) is 5.65 Å². The number of likely N-dealkylation sites (tertiary alicyclic amines) is 1. The minimum absolute atomic E-state index is 0.250. The fourth-order valence-electron chi connectivity index (χ4n) is 4.24. The summed E-state index contributed by atoms with van der Waals surface area (Å²) in [6.07, 6.45) is 1.74. The molecule has 9 heteroatoms. The van der Waals surface area contributed by atoms with Gasteiger partial charge in [0.05, 0.1) is 24.5 Å². The van der Waals surface area contributed by atoms with E-state index < -0.39 is 0 Å². The maximum Gasteiger partial charge on any atom is 0.290 e. The van der Waals surface area contributed by atoms with Gasteiger partial charge in [-0.1, -0.05) is 11.3 Å². The normalized spacial score (nSPS) is 20.5. The molecular formula is C22H21N3O5S. The summed E-state index contributed by atoms with van der Waals surface area (Å²) in [5, 5.41) is 8.57. The van der Waals surface area contributed by atoms with Crippen molar-refractivity contribution < 1.29 is 23.8 Å². The van der Waals surface area contributed by atoms with Crippen molar-refractivity contribution in [1.82, 2.24) is 14.9 Å². The molecule has 0 bridgehead atoms. The molecule has 5 heterocycles. The van der Waals surface area contributed by atoms with E-state index in [1.165, 1.54) is 11.3 Å². The smallest absolute Gasteiger partial charge is 0.290 e. The summed E-state index contributed by atoms with van der Waals surface area (Å²) < 4.78 is 18.6. The fraction of sp³-hybridized carbons (Fsp3) is 0.318. The minimum atomic E-state index is -0.250. The standard InChI is InChI=1S/C21H19N3O3S.CH2O2/c1-2-19-20(22-5-1)23-21(28-19)27-16-4-3-13-6-17(26-18(13)7-16)10-24-8-14-11-25-12-15(14)9-24;2-1-3/h1-7,14-15H,8-12H2;1H,(H,2,3). The third kappa shape index (κ3) is 4.25. The van der Waals surface area contributed by atoms with Crippen LogP contribution in [0.5, 0.6) is 10.9 Å². The van der Waals surface area contributed by atoms with E-state index in [2.05, 4.69) is 20.9 Å². The van der Waals surface area contributed by atoms with Gasteiger partial charge in [0.1, 0.15) is 17.1 Å². The molecule has 2 fully saturated rings. The molecule has 0 saturated carbocycles. The van der Waals surface area contributed by atoms with E-state index in [1.54, 1.807) is 6.20 Å². The van der Waals surface area contributed by atoms with Crippen LogP contribution in [-0.4, -0.2) is 52.7 Å². The van der Waals surface area contributed by atoms with E-state index in [4.69, 9.17) is 23.8 Å². The van der Waals surface area contributed by atoms with Gasteiger partial charge in [-0.2, -0.15) is 4.98 Å². The molecule has 8 nitrogen and oxygen atoms in total. The second-order valence-corrected chi connectivity index (χ2v) is 8.67. The first-order valence-corrected chi connectivity index (χ1v) is 10.8. The van der Waals surface area contributed by atoms with Crippen LogP contribution in [0.2, 0.25) is 0 Å². The van der Waals surface area contributed by atoms with Gasteiger partial charge in [-0.3, -0.25) is 9.69 Å². The lowest BCUT2D eigenvalue weighted by Gasteiger charge is -2.14. The Morgan fingerprint density at radius 2 is 2.03 bits per heavy atom. The lowest BCUT2D eigenvalue weighted by Crippen LogP contribution is -2.22. The molecule has 1 N–H and O–H groups in total. The molecule has 6 rings (SSSR count). The number of pyridine rings is 1. The number of hydrogen-bond donors (Lipinski definition) is 1. The van der Waals surface area contributed by atoms with Gasteiger partial charge in [-0.25, -0.2) is 4.98 Å². The molecule has 0 amide bonds. The van der Waals surface area contributed by atoms with Crippen molar-refractivity contribution in [3.63, 3.8) is 0 Å². The Kier molecular flexibility index (Phi) is 5.54. The van der Waals surface area contributed by atoms with Gasteiger partial charge < -0.3 is 19.0 Å². The summed E-state index contributed by atoms with van der Waals surface area (Å²) >= 11 is 1.49. The molecule has 0 spiro atoms. The Balaban J connectivity index is 0.000000646. The van der Waals surface area contributed by atoms with Crippen molar-refractivity contribution in [2.24, 2.45) is 11.8 Å². The molecule has 2 atom stereocenters. The average Bonchev–Trinajstić information content (AvgIpc) is 3.50. The van der Waals surface area contributed by atoms with Gasteiger partial charge in [0.25, 0.3) is 11.7 Å². The monoisotopic (exact) mass is 439 g/mol. The summed E-state index contributed by atoms with van der Waals surface area (Å²) in [5.41, 5.74) is 1.55. The zero-order chi connectivity index (χ0) is 21.2. The first kappa shape index (κ1) is 19.9. The number of nitrogens with zero attached hydrogens (tertiary/aromatic N) is 3. The first-order chi connectivity index (χ1) is 15.2. The molecule has 3 aromatic heterocycles. The molecule has 0 radical (unpaired) electrons. The van der Waals surface area contributed by atoms with Crippen LogP contribution in [0, 0.1) is 11.8 Å². The van der Waals surface area contributed by atoms with Crippen LogP contribution in [0.4, 0.5) is 0 Å². The number of fused-ring (bicyclic) bond motifs is 3. The quantitative estimate of drug-likeness (QED) is 0.477. The van der Waals surface area contributed by atoms with E-state index in [0.29, 0.717) is 22.7 Å². The second-order valence-electron chi connectivity index (χ2n) is 7.68. The third-order valence-corrected chi connectivity index (χ3v) is 6.48. The topological polar surface area (TPSA) is 97.9 Å². The van der Waals surface area contributed by atoms with Gasteiger partial charge in [-0.15, -0.1) is 0 Å². The summed E-state index contributed by atoms with van der Waals surface area (Å²) in [6.45, 7) is 4.61. The van der Waals surface area contributed by atoms with Crippen LogP contribution in [0.3, 0.4) is 0 Å². The highest BCUT2D eigenvalue weighted by Crippen LogP contribution is 2.34. The van der Waals surface area contributed by atoms with Crippen LogP contribution in [0.15, 0.2) is 47.0 Å². The van der Waals surface area contributed by atoms with Crippen molar-refractivity contribution in [3.05, 3.63) is 48.4 Å². The molecule has 2 aliphatic heterocycles. The average molecular weight is 439 g/mol. The largest absolute Gasteiger partial charge is 0.483 e. The van der Waals surface area contributed by atoms with Crippen LogP contribution < -0.4 is 4.74 Å². The van der Waals surface area contributed by atoms with Crippen molar-refractivity contribution in [1.29, 1.82) is 0 Å². The number of rotatable bonds is 4. The molecule has 0 aliphatic carbocycles. The molecule has 160 valence electrons. The van der Waals surface area contributed by atoms with Crippen molar-refractivity contribution in [3.8, 4) is 10.9 Å². The zero-order valence-electron chi connectivity index (χ0n) is 16.6. The minimum Gasteiger partial charge on any atom is -0.483 e. The zero-order valence-corrected chi connectivity index (χ0v) is 17.5. The molecule has 2 aliphatic rings. The van der Waals surface area contributed by atoms with E-state index in [0.717, 1.165) is 60.0 Å². The summed E-state index contributed by atoms with van der Waals surface area (Å²) in [5.74, 6) is 3.10. The van der Waals surface area contributed by atoms with E-state index in [1.807, 2.05) is 30.3 Å². The number of carboxylic acid groups (broad SMARTS) is 1. The van der Waals surface area contributed by atoms with Crippen LogP contribution in [0.1, 0.15) is 5.76 Å². The molecular weight excluding hydrogens is 418 g/mol. The number of furan rings is 1. The van der Waals surface area contributed by atoms with Gasteiger partial charge >= 0.3 is 0 Å². The summed E-state index contributed by atoms with van der Waals surface area (Å²) in [7, 11) is 0. The highest BCUT2D eigenvalue weighted by molar-refractivity contribution is 7.20. The maximum atomic E-state index is 8.36. The highest BCUT2D eigenvalue weighted by atomic mass is 32.1. The van der Waals surface area contributed by atoms with Crippen LogP contribution in [0.25, 0.3) is 21.3 Å². The Morgan fingerprint density at radius 3 is 2.81 bits per heavy atom. The molecule has 31 heavy (non-hydrogen) atoms. The molecule has 2 unspecified atom stereocenters. The maximum absolute atomic E-state index is 8.36. The highest BCUT2D eigenvalue weighted by Gasteiger charge is 2.37.